The standard InChI is InChI=1S/C16H23NO2/c1-3-4-13-5-7-14(8-6-13)16(19)17-10-9-12(2)15(18)11-17/h5-8,12,15,18H,3-4,9-11H2,1-2H3. The Hall–Kier alpha value is -1.35. The van der Waals surface area contributed by atoms with Gasteiger partial charge < -0.3 is 10.0 Å². The van der Waals surface area contributed by atoms with E-state index in [1.165, 1.54) is 5.56 Å². The second-order valence-corrected chi connectivity index (χ2v) is 5.53. The molecule has 1 saturated heterocycles. The Morgan fingerprint density at radius 3 is 2.63 bits per heavy atom. The molecule has 1 fully saturated rings. The number of carbonyl (C=O) groups is 1. The van der Waals surface area contributed by atoms with Crippen molar-refractivity contribution in [3.05, 3.63) is 35.4 Å². The molecule has 104 valence electrons. The summed E-state index contributed by atoms with van der Waals surface area (Å²) >= 11 is 0. The van der Waals surface area contributed by atoms with Gasteiger partial charge >= 0.3 is 0 Å². The first-order chi connectivity index (χ1) is 9.11. The third kappa shape index (κ3) is 3.35. The molecule has 2 atom stereocenters. The van der Waals surface area contributed by atoms with Crippen molar-refractivity contribution in [3.63, 3.8) is 0 Å². The van der Waals surface area contributed by atoms with Crippen LogP contribution in [0, 0.1) is 5.92 Å². The van der Waals surface area contributed by atoms with Crippen molar-refractivity contribution >= 4 is 5.91 Å². The predicted molar refractivity (Wildman–Crippen MR) is 76.1 cm³/mol. The van der Waals surface area contributed by atoms with Gasteiger partial charge in [0.05, 0.1) is 6.10 Å². The minimum absolute atomic E-state index is 0.0361. The normalized spacial score (nSPS) is 23.4. The Morgan fingerprint density at radius 2 is 2.05 bits per heavy atom. The zero-order chi connectivity index (χ0) is 13.8. The van der Waals surface area contributed by atoms with E-state index >= 15 is 0 Å². The number of carbonyl (C=O) groups excluding carboxylic acids is 1. The summed E-state index contributed by atoms with van der Waals surface area (Å²) in [5.74, 6) is 0.324. The fraction of sp³-hybridized carbons (Fsp3) is 0.562. The first-order valence-electron chi connectivity index (χ1n) is 7.18. The van der Waals surface area contributed by atoms with Crippen molar-refractivity contribution in [2.75, 3.05) is 13.1 Å². The summed E-state index contributed by atoms with van der Waals surface area (Å²) in [5, 5.41) is 9.86. The van der Waals surface area contributed by atoms with Gasteiger partial charge in [-0.25, -0.2) is 0 Å². The van der Waals surface area contributed by atoms with E-state index in [9.17, 15) is 9.90 Å². The molecular formula is C16H23NO2. The number of rotatable bonds is 3. The summed E-state index contributed by atoms with van der Waals surface area (Å²) in [4.78, 5) is 14.1. The van der Waals surface area contributed by atoms with Crippen LogP contribution in [-0.4, -0.2) is 35.1 Å². The van der Waals surface area contributed by atoms with Crippen LogP contribution in [0.5, 0.6) is 0 Å². The van der Waals surface area contributed by atoms with Crippen LogP contribution in [0.3, 0.4) is 0 Å². The number of β-amino-alcohol motifs (C(OH)–C–C–N with tert-alkyl or cyclic N) is 1. The number of amides is 1. The van der Waals surface area contributed by atoms with Crippen molar-refractivity contribution in [2.45, 2.75) is 39.2 Å². The molecular weight excluding hydrogens is 238 g/mol. The molecule has 1 heterocycles. The number of hydrogen-bond acceptors (Lipinski definition) is 2. The highest BCUT2D eigenvalue weighted by Gasteiger charge is 2.27. The van der Waals surface area contributed by atoms with Crippen LogP contribution in [0.25, 0.3) is 0 Å². The van der Waals surface area contributed by atoms with Gasteiger partial charge in [-0.1, -0.05) is 32.4 Å². The van der Waals surface area contributed by atoms with E-state index in [1.54, 1.807) is 4.90 Å². The van der Waals surface area contributed by atoms with Gasteiger partial charge in [-0.05, 0) is 36.5 Å². The Bertz CT molecular complexity index is 427. The predicted octanol–water partition coefficient (Wildman–Crippen LogP) is 2.48. The van der Waals surface area contributed by atoms with E-state index in [1.807, 2.05) is 31.2 Å². The average molecular weight is 261 g/mol. The lowest BCUT2D eigenvalue weighted by atomic mass is 9.95. The van der Waals surface area contributed by atoms with Crippen molar-refractivity contribution in [2.24, 2.45) is 5.92 Å². The van der Waals surface area contributed by atoms with E-state index in [-0.39, 0.29) is 11.8 Å². The van der Waals surface area contributed by atoms with Gasteiger partial charge in [0.15, 0.2) is 0 Å². The van der Waals surface area contributed by atoms with Gasteiger partial charge in [0.2, 0.25) is 0 Å². The molecule has 1 aliphatic heterocycles. The molecule has 0 aromatic heterocycles. The Labute approximate surface area is 115 Å². The molecule has 3 nitrogen and oxygen atoms in total. The lowest BCUT2D eigenvalue weighted by Gasteiger charge is -2.34. The molecule has 0 aliphatic carbocycles. The minimum Gasteiger partial charge on any atom is -0.391 e. The summed E-state index contributed by atoms with van der Waals surface area (Å²) < 4.78 is 0. The summed E-state index contributed by atoms with van der Waals surface area (Å²) in [6.45, 7) is 5.38. The molecule has 1 aromatic rings. The zero-order valence-corrected chi connectivity index (χ0v) is 11.8. The second kappa shape index (κ2) is 6.20. The third-order valence-electron chi connectivity index (χ3n) is 3.95. The lowest BCUT2D eigenvalue weighted by molar-refractivity contribution is 0.0248. The number of aryl methyl sites for hydroxylation is 1. The molecule has 1 aliphatic rings. The van der Waals surface area contributed by atoms with Crippen LogP contribution < -0.4 is 0 Å². The molecule has 1 N–H and O–H groups in total. The van der Waals surface area contributed by atoms with E-state index < -0.39 is 6.10 Å². The summed E-state index contributed by atoms with van der Waals surface area (Å²) in [5.41, 5.74) is 1.99. The number of hydrogen-bond donors (Lipinski definition) is 1. The molecule has 1 aromatic carbocycles. The number of aliphatic hydroxyl groups is 1. The molecule has 0 spiro atoms. The molecule has 0 saturated carbocycles. The lowest BCUT2D eigenvalue weighted by Crippen LogP contribution is -2.45. The van der Waals surface area contributed by atoms with E-state index in [4.69, 9.17) is 0 Å². The average Bonchev–Trinajstić information content (AvgIpc) is 2.42. The molecule has 0 bridgehead atoms. The first-order valence-corrected chi connectivity index (χ1v) is 7.18. The van der Waals surface area contributed by atoms with Gasteiger partial charge in [0.25, 0.3) is 5.91 Å². The fourth-order valence-electron chi connectivity index (χ4n) is 2.52. The maximum Gasteiger partial charge on any atom is 0.253 e. The van der Waals surface area contributed by atoms with Gasteiger partial charge in [0.1, 0.15) is 0 Å². The van der Waals surface area contributed by atoms with Crippen LogP contribution >= 0.6 is 0 Å². The minimum atomic E-state index is -0.392. The van der Waals surface area contributed by atoms with Crippen LogP contribution in [0.1, 0.15) is 42.6 Å². The number of nitrogens with zero attached hydrogens (tertiary/aromatic N) is 1. The monoisotopic (exact) mass is 261 g/mol. The largest absolute Gasteiger partial charge is 0.391 e. The third-order valence-corrected chi connectivity index (χ3v) is 3.95. The van der Waals surface area contributed by atoms with E-state index in [0.29, 0.717) is 6.54 Å². The van der Waals surface area contributed by atoms with Crippen molar-refractivity contribution in [1.29, 1.82) is 0 Å². The maximum absolute atomic E-state index is 12.3. The van der Waals surface area contributed by atoms with Crippen LogP contribution in [0.15, 0.2) is 24.3 Å². The van der Waals surface area contributed by atoms with Crippen LogP contribution in [-0.2, 0) is 6.42 Å². The number of aliphatic hydroxyl groups excluding tert-OH is 1. The summed E-state index contributed by atoms with van der Waals surface area (Å²) in [6.07, 6.45) is 2.65. The van der Waals surface area contributed by atoms with Crippen molar-refractivity contribution in [3.8, 4) is 0 Å². The molecule has 3 heteroatoms. The van der Waals surface area contributed by atoms with Gasteiger partial charge in [0, 0.05) is 18.7 Å². The summed E-state index contributed by atoms with van der Waals surface area (Å²) in [6, 6.07) is 7.86. The molecule has 2 rings (SSSR count). The Kier molecular flexibility index (Phi) is 4.59. The zero-order valence-electron chi connectivity index (χ0n) is 11.8. The first kappa shape index (κ1) is 14.1. The fourth-order valence-corrected chi connectivity index (χ4v) is 2.52. The van der Waals surface area contributed by atoms with Gasteiger partial charge in [-0.15, -0.1) is 0 Å². The van der Waals surface area contributed by atoms with Crippen LogP contribution in [0.2, 0.25) is 0 Å². The number of likely N-dealkylation sites (tertiary alicyclic amines) is 1. The number of benzene rings is 1. The molecule has 0 radical (unpaired) electrons. The topological polar surface area (TPSA) is 40.5 Å². The van der Waals surface area contributed by atoms with E-state index in [2.05, 4.69) is 6.92 Å². The SMILES string of the molecule is CCCc1ccc(C(=O)N2CCC(C)C(O)C2)cc1. The molecule has 2 unspecified atom stereocenters. The second-order valence-electron chi connectivity index (χ2n) is 5.53. The molecule has 19 heavy (non-hydrogen) atoms. The number of piperidine rings is 1. The highest BCUT2D eigenvalue weighted by atomic mass is 16.3. The van der Waals surface area contributed by atoms with E-state index in [0.717, 1.165) is 31.4 Å². The Balaban J connectivity index is 2.03. The quantitative estimate of drug-likeness (QED) is 0.908. The Morgan fingerprint density at radius 1 is 1.37 bits per heavy atom. The smallest absolute Gasteiger partial charge is 0.253 e. The van der Waals surface area contributed by atoms with Crippen molar-refractivity contribution in [1.82, 2.24) is 4.90 Å². The van der Waals surface area contributed by atoms with Crippen LogP contribution in [0.4, 0.5) is 0 Å². The van der Waals surface area contributed by atoms with Gasteiger partial charge in [-0.2, -0.15) is 0 Å². The molecule has 1 amide bonds. The highest BCUT2D eigenvalue weighted by molar-refractivity contribution is 5.94. The van der Waals surface area contributed by atoms with Crippen molar-refractivity contribution < 1.29 is 9.90 Å². The maximum atomic E-state index is 12.3. The van der Waals surface area contributed by atoms with Gasteiger partial charge in [-0.3, -0.25) is 4.79 Å². The summed E-state index contributed by atoms with van der Waals surface area (Å²) in [7, 11) is 0. The highest BCUT2D eigenvalue weighted by Crippen LogP contribution is 2.19.